The second kappa shape index (κ2) is 15.4. The number of aliphatic hydroxyl groups excluding tert-OH is 2. The Morgan fingerprint density at radius 1 is 0.967 bits per heavy atom. The number of nitrogens with one attached hydrogen (secondary N) is 1. The van der Waals surface area contributed by atoms with Crippen molar-refractivity contribution in [2.75, 3.05) is 18.9 Å². The van der Waals surface area contributed by atoms with Gasteiger partial charge in [-0.05, 0) is 49.2 Å². The number of rotatable bonds is 5. The Balaban J connectivity index is 0.000000505. The van der Waals surface area contributed by atoms with Gasteiger partial charge < -0.3 is 20.1 Å². The molecule has 0 aromatic heterocycles. The van der Waals surface area contributed by atoms with Gasteiger partial charge in [0.15, 0.2) is 6.79 Å². The van der Waals surface area contributed by atoms with Crippen LogP contribution in [0, 0.1) is 0 Å². The Kier molecular flexibility index (Phi) is 13.6. The van der Waals surface area contributed by atoms with E-state index >= 15 is 0 Å². The summed E-state index contributed by atoms with van der Waals surface area (Å²) < 4.78 is 4.31. The van der Waals surface area contributed by atoms with Gasteiger partial charge in [0.2, 0.25) is 6.08 Å². The number of nitrogens with zero attached hydrogens (tertiary/aromatic N) is 1. The first kappa shape index (κ1) is 26.4. The smallest absolute Gasteiger partial charge is 0.413 e. The quantitative estimate of drug-likeness (QED) is 0.334. The maximum atomic E-state index is 10.9. The van der Waals surface area contributed by atoms with E-state index in [1.165, 1.54) is 6.08 Å². The molecule has 0 saturated carbocycles. The third-order valence-corrected chi connectivity index (χ3v) is 3.35. The molecule has 2 rings (SSSR count). The number of carbonyl (C=O) groups is 1. The van der Waals surface area contributed by atoms with E-state index in [9.17, 15) is 9.59 Å². The Hall–Kier alpha value is -3.55. The molecule has 0 aliphatic carbocycles. The number of allylic oxidation sites excluding steroid dienone is 2. The molecule has 2 aromatic carbocycles. The zero-order valence-electron chi connectivity index (χ0n) is 17.0. The van der Waals surface area contributed by atoms with Crippen molar-refractivity contribution < 1.29 is 29.6 Å². The molecule has 4 N–H and O–H groups in total. The number of hydrogen-bond acceptors (Lipinski definition) is 7. The molecular weight excluding hydrogens is 388 g/mol. The van der Waals surface area contributed by atoms with Crippen LogP contribution in [-0.2, 0) is 9.53 Å². The molecule has 0 radical (unpaired) electrons. The third kappa shape index (κ3) is 11.3. The third-order valence-electron chi connectivity index (χ3n) is 3.35. The topological polar surface area (TPSA) is 128 Å². The molecule has 0 unspecified atom stereocenters. The van der Waals surface area contributed by atoms with Crippen LogP contribution in [0.3, 0.4) is 0 Å². The van der Waals surface area contributed by atoms with Crippen LogP contribution < -0.4 is 5.32 Å². The number of anilines is 1. The lowest BCUT2D eigenvalue weighted by Gasteiger charge is -2.05. The van der Waals surface area contributed by atoms with E-state index in [1.54, 1.807) is 24.3 Å². The van der Waals surface area contributed by atoms with Gasteiger partial charge in [-0.3, -0.25) is 5.32 Å². The highest BCUT2D eigenvalue weighted by molar-refractivity contribution is 5.84. The zero-order valence-corrected chi connectivity index (χ0v) is 17.0. The second-order valence-electron chi connectivity index (χ2n) is 5.72. The number of hydrogen-bond donors (Lipinski definition) is 4. The minimum atomic E-state index is -0.750. The summed E-state index contributed by atoms with van der Waals surface area (Å²) in [6.45, 7) is 10.0. The molecule has 8 nitrogen and oxygen atoms in total. The Bertz CT molecular complexity index is 833. The fourth-order valence-electron chi connectivity index (χ4n) is 1.92. The molecule has 0 aliphatic rings. The lowest BCUT2D eigenvalue weighted by atomic mass is 10.1. The van der Waals surface area contributed by atoms with Gasteiger partial charge in [-0.15, -0.1) is 0 Å². The van der Waals surface area contributed by atoms with Gasteiger partial charge >= 0.3 is 6.09 Å². The lowest BCUT2D eigenvalue weighted by molar-refractivity contribution is 0.0527. The summed E-state index contributed by atoms with van der Waals surface area (Å²) >= 11 is 0. The lowest BCUT2D eigenvalue weighted by Crippen LogP contribution is -2.13. The fraction of sp³-hybridized carbons (Fsp3) is 0.182. The first-order valence-corrected chi connectivity index (χ1v) is 8.65. The van der Waals surface area contributed by atoms with Gasteiger partial charge in [0, 0.05) is 5.69 Å². The largest absolute Gasteiger partial charge is 0.422 e. The van der Waals surface area contributed by atoms with Crippen LogP contribution in [-0.4, -0.2) is 41.1 Å². The van der Waals surface area contributed by atoms with Gasteiger partial charge in [-0.25, -0.2) is 9.59 Å². The Labute approximate surface area is 175 Å². The molecule has 0 spiro atoms. The van der Waals surface area contributed by atoms with Crippen LogP contribution >= 0.6 is 0 Å². The van der Waals surface area contributed by atoms with Crippen molar-refractivity contribution in [3.8, 4) is 0 Å². The summed E-state index contributed by atoms with van der Waals surface area (Å²) in [6, 6.07) is 14.4. The van der Waals surface area contributed by atoms with E-state index < -0.39 is 19.7 Å². The van der Waals surface area contributed by atoms with Gasteiger partial charge in [0.05, 0.1) is 5.69 Å². The van der Waals surface area contributed by atoms with Gasteiger partial charge in [0.1, 0.15) is 6.79 Å². The summed E-state index contributed by atoms with van der Waals surface area (Å²) in [6.07, 6.45) is 0.805. The fourth-order valence-corrected chi connectivity index (χ4v) is 1.92. The van der Waals surface area contributed by atoms with E-state index in [-0.39, 0.29) is 0 Å². The first-order chi connectivity index (χ1) is 14.3. The first-order valence-electron chi connectivity index (χ1n) is 8.65. The van der Waals surface area contributed by atoms with Crippen molar-refractivity contribution >= 4 is 34.7 Å². The standard InChI is InChI=1S/C11H13NO3.C10H9NO.CH4O2/c1-8(2)9-3-5-10(6-4-9)12-11(14)15-7-13;1-8(2)9-3-5-10(6-4-9)11-7-12;2-1-3/h3-6,13H,1,7H2,2H3,(H,12,14);3-6H,1H2,2H3;2-3H,1H2. The van der Waals surface area contributed by atoms with Gasteiger partial charge in [0.25, 0.3) is 0 Å². The number of benzene rings is 2. The molecule has 1 amide bonds. The molecule has 8 heteroatoms. The average molecular weight is 414 g/mol. The predicted octanol–water partition coefficient (Wildman–Crippen LogP) is 3.83. The summed E-state index contributed by atoms with van der Waals surface area (Å²) in [5.41, 5.74) is 5.25. The van der Waals surface area contributed by atoms with Crippen molar-refractivity contribution in [2.24, 2.45) is 4.99 Å². The monoisotopic (exact) mass is 414 g/mol. The molecule has 0 bridgehead atoms. The maximum absolute atomic E-state index is 10.9. The summed E-state index contributed by atoms with van der Waals surface area (Å²) in [4.78, 5) is 24.3. The molecule has 0 fully saturated rings. The van der Waals surface area contributed by atoms with Crippen molar-refractivity contribution in [1.29, 1.82) is 0 Å². The van der Waals surface area contributed by atoms with Crippen molar-refractivity contribution in [3.63, 3.8) is 0 Å². The minimum absolute atomic E-state index is 0.610. The van der Waals surface area contributed by atoms with E-state index in [0.29, 0.717) is 11.4 Å². The summed E-state index contributed by atoms with van der Waals surface area (Å²) in [7, 11) is 0. The molecule has 0 heterocycles. The van der Waals surface area contributed by atoms with Crippen molar-refractivity contribution in [1.82, 2.24) is 0 Å². The van der Waals surface area contributed by atoms with Crippen LogP contribution in [0.25, 0.3) is 11.1 Å². The van der Waals surface area contributed by atoms with E-state index in [0.717, 1.165) is 22.3 Å². The highest BCUT2D eigenvalue weighted by Gasteiger charge is 2.01. The number of amides is 1. The van der Waals surface area contributed by atoms with E-state index in [2.05, 4.69) is 28.2 Å². The van der Waals surface area contributed by atoms with E-state index in [1.807, 2.05) is 38.1 Å². The van der Waals surface area contributed by atoms with Gasteiger partial charge in [-0.2, -0.15) is 4.99 Å². The zero-order chi connectivity index (χ0) is 22.9. The number of ether oxygens (including phenoxy) is 1. The molecule has 0 aliphatic heterocycles. The number of isocyanates is 1. The van der Waals surface area contributed by atoms with Crippen LogP contribution in [0.15, 0.2) is 66.7 Å². The van der Waals surface area contributed by atoms with Crippen LogP contribution in [0.5, 0.6) is 0 Å². The SMILES string of the molecule is C=C(C)c1ccc(N=C=O)cc1.C=C(C)c1ccc(NC(=O)OCO)cc1.OCO. The number of carbonyl (C=O) groups excluding carboxylic acids is 2. The van der Waals surface area contributed by atoms with Crippen LogP contribution in [0.1, 0.15) is 25.0 Å². The van der Waals surface area contributed by atoms with Crippen LogP contribution in [0.2, 0.25) is 0 Å². The number of aliphatic hydroxyl groups is 3. The number of aliphatic imine (C=N–C) groups is 1. The predicted molar refractivity (Wildman–Crippen MR) is 117 cm³/mol. The normalized spacial score (nSPS) is 8.83. The average Bonchev–Trinajstić information content (AvgIpc) is 2.70. The Morgan fingerprint density at radius 3 is 1.77 bits per heavy atom. The Morgan fingerprint density at radius 2 is 1.40 bits per heavy atom. The summed E-state index contributed by atoms with van der Waals surface area (Å²) in [5.74, 6) is 0. The molecule has 0 atom stereocenters. The van der Waals surface area contributed by atoms with Crippen LogP contribution in [0.4, 0.5) is 16.2 Å². The highest BCUT2D eigenvalue weighted by atomic mass is 16.6. The molecule has 160 valence electrons. The highest BCUT2D eigenvalue weighted by Crippen LogP contribution is 2.17. The van der Waals surface area contributed by atoms with Gasteiger partial charge in [-0.1, -0.05) is 48.6 Å². The summed E-state index contributed by atoms with van der Waals surface area (Å²) in [5, 5.41) is 25.0. The molecular formula is C22H26N2O6. The second-order valence-corrected chi connectivity index (χ2v) is 5.72. The molecule has 0 saturated heterocycles. The van der Waals surface area contributed by atoms with Crippen molar-refractivity contribution in [3.05, 3.63) is 72.8 Å². The molecule has 30 heavy (non-hydrogen) atoms. The minimum Gasteiger partial charge on any atom is -0.422 e. The maximum Gasteiger partial charge on any atom is 0.413 e. The van der Waals surface area contributed by atoms with E-state index in [4.69, 9.17) is 15.3 Å². The van der Waals surface area contributed by atoms with Crippen molar-refractivity contribution in [2.45, 2.75) is 13.8 Å². The molecule has 2 aromatic rings.